The van der Waals surface area contributed by atoms with E-state index in [1.165, 1.54) is 0 Å². The average Bonchev–Trinajstić information content (AvgIpc) is 3.10. The summed E-state index contributed by atoms with van der Waals surface area (Å²) in [5, 5.41) is 0. The fourth-order valence-corrected chi connectivity index (χ4v) is 3.57. The lowest BCUT2D eigenvalue weighted by molar-refractivity contribution is 0.0207. The number of rotatable bonds is 2. The van der Waals surface area contributed by atoms with Crippen molar-refractivity contribution in [2.75, 3.05) is 6.54 Å². The normalized spacial score (nSPS) is 19.6. The van der Waals surface area contributed by atoms with Crippen LogP contribution in [0.1, 0.15) is 52.9 Å². The van der Waals surface area contributed by atoms with Gasteiger partial charge in [-0.1, -0.05) is 41.9 Å². The summed E-state index contributed by atoms with van der Waals surface area (Å²) in [6.45, 7) is 10.7. The molecule has 0 radical (unpaired) electrons. The highest BCUT2D eigenvalue weighted by Crippen LogP contribution is 2.42. The number of carbonyl (C=O) groups is 1. The highest BCUT2D eigenvalue weighted by Gasteiger charge is 2.43. The average molecular weight is 420 g/mol. The molecule has 2 heterocycles. The van der Waals surface area contributed by atoms with E-state index in [1.54, 1.807) is 4.90 Å². The lowest BCUT2D eigenvalue weighted by atomic mass is 9.90. The summed E-state index contributed by atoms with van der Waals surface area (Å²) in [6.07, 6.45) is 2.46. The van der Waals surface area contributed by atoms with Crippen molar-refractivity contribution in [2.24, 2.45) is 5.41 Å². The van der Waals surface area contributed by atoms with E-state index in [1.807, 2.05) is 51.2 Å². The molecule has 1 N–H and O–H groups in total. The van der Waals surface area contributed by atoms with Crippen molar-refractivity contribution in [1.29, 1.82) is 0 Å². The molecule has 1 fully saturated rings. The van der Waals surface area contributed by atoms with Crippen LogP contribution < -0.4 is 0 Å². The second kappa shape index (κ2) is 6.72. The molecule has 0 spiro atoms. The van der Waals surface area contributed by atoms with Crippen molar-refractivity contribution in [2.45, 2.75) is 52.7 Å². The first kappa shape index (κ1) is 19.0. The first-order chi connectivity index (χ1) is 12.0. The minimum absolute atomic E-state index is 0.0200. The first-order valence-corrected chi connectivity index (χ1v) is 9.64. The molecule has 140 valence electrons. The van der Waals surface area contributed by atoms with E-state index >= 15 is 0 Å². The van der Waals surface area contributed by atoms with Crippen molar-refractivity contribution < 1.29 is 9.53 Å². The summed E-state index contributed by atoms with van der Waals surface area (Å²) in [6, 6.07) is 7.93. The van der Waals surface area contributed by atoms with Crippen molar-refractivity contribution >= 4 is 22.0 Å². The molecule has 1 saturated heterocycles. The Morgan fingerprint density at radius 3 is 2.58 bits per heavy atom. The van der Waals surface area contributed by atoms with Gasteiger partial charge < -0.3 is 9.72 Å². The van der Waals surface area contributed by atoms with E-state index < -0.39 is 5.60 Å². The number of amides is 1. The van der Waals surface area contributed by atoms with Crippen LogP contribution in [0.3, 0.4) is 0 Å². The molecule has 0 aliphatic carbocycles. The molecule has 5 nitrogen and oxygen atoms in total. The Bertz CT molecular complexity index is 790. The Balaban J connectivity index is 1.86. The molecular weight excluding hydrogens is 394 g/mol. The summed E-state index contributed by atoms with van der Waals surface area (Å²) in [5.41, 5.74) is 1.42. The summed E-state index contributed by atoms with van der Waals surface area (Å²) in [7, 11) is 0. The topological polar surface area (TPSA) is 58.2 Å². The van der Waals surface area contributed by atoms with Crippen molar-refractivity contribution in [3.8, 4) is 11.3 Å². The number of halogens is 1. The van der Waals surface area contributed by atoms with Gasteiger partial charge in [0.1, 0.15) is 11.4 Å². The number of hydrogen-bond acceptors (Lipinski definition) is 3. The molecule has 1 aliphatic heterocycles. The molecule has 1 aliphatic rings. The van der Waals surface area contributed by atoms with E-state index in [9.17, 15) is 4.79 Å². The van der Waals surface area contributed by atoms with Crippen LogP contribution in [0, 0.1) is 5.41 Å². The summed E-state index contributed by atoms with van der Waals surface area (Å²) in [5.74, 6) is 0.805. The smallest absolute Gasteiger partial charge is 0.410 e. The SMILES string of the molecule is CC1(C)C[C@@H](c2nc(-c3ccc(Br)cc3)c[nH]2)N(C(=O)OC(C)(C)C)C1. The van der Waals surface area contributed by atoms with Gasteiger partial charge in [0.15, 0.2) is 0 Å². The van der Waals surface area contributed by atoms with Gasteiger partial charge in [-0.05, 0) is 44.7 Å². The third kappa shape index (κ3) is 4.29. The number of H-pyrrole nitrogens is 1. The second-order valence-corrected chi connectivity index (χ2v) is 9.59. The van der Waals surface area contributed by atoms with Crippen LogP contribution in [0.4, 0.5) is 4.79 Å². The highest BCUT2D eigenvalue weighted by molar-refractivity contribution is 9.10. The van der Waals surface area contributed by atoms with E-state index in [2.05, 4.69) is 34.8 Å². The molecular formula is C20H26BrN3O2. The van der Waals surface area contributed by atoms with Crippen LogP contribution in [-0.2, 0) is 4.74 Å². The third-order valence-corrected chi connectivity index (χ3v) is 4.93. The van der Waals surface area contributed by atoms with Gasteiger partial charge in [-0.15, -0.1) is 0 Å². The second-order valence-electron chi connectivity index (χ2n) is 8.67. The molecule has 2 aromatic rings. The number of hydrogen-bond donors (Lipinski definition) is 1. The lowest BCUT2D eigenvalue weighted by Gasteiger charge is -2.28. The molecule has 26 heavy (non-hydrogen) atoms. The molecule has 1 atom stereocenters. The number of nitrogens with zero attached hydrogens (tertiary/aromatic N) is 2. The van der Waals surface area contributed by atoms with Crippen LogP contribution in [-0.4, -0.2) is 33.1 Å². The maximum atomic E-state index is 12.7. The van der Waals surface area contributed by atoms with Crippen molar-refractivity contribution in [3.05, 3.63) is 40.8 Å². The monoisotopic (exact) mass is 419 g/mol. The van der Waals surface area contributed by atoms with E-state index in [0.29, 0.717) is 6.54 Å². The maximum absolute atomic E-state index is 12.7. The zero-order chi connectivity index (χ0) is 19.1. The lowest BCUT2D eigenvalue weighted by Crippen LogP contribution is -2.37. The molecule has 3 rings (SSSR count). The number of nitrogens with one attached hydrogen (secondary N) is 1. The number of benzene rings is 1. The van der Waals surface area contributed by atoms with Gasteiger partial charge in [-0.2, -0.15) is 0 Å². The van der Waals surface area contributed by atoms with E-state index in [4.69, 9.17) is 9.72 Å². The fourth-order valence-electron chi connectivity index (χ4n) is 3.30. The van der Waals surface area contributed by atoms with Crippen LogP contribution in [0.2, 0.25) is 0 Å². The number of imidazole rings is 1. The van der Waals surface area contributed by atoms with Crippen molar-refractivity contribution in [3.63, 3.8) is 0 Å². The van der Waals surface area contributed by atoms with Gasteiger partial charge in [0.2, 0.25) is 0 Å². The van der Waals surface area contributed by atoms with Crippen molar-refractivity contribution in [1.82, 2.24) is 14.9 Å². The third-order valence-electron chi connectivity index (χ3n) is 4.40. The molecule has 6 heteroatoms. The molecule has 1 amide bonds. The number of likely N-dealkylation sites (tertiary alicyclic amines) is 1. The van der Waals surface area contributed by atoms with Gasteiger partial charge in [0, 0.05) is 22.8 Å². The molecule has 0 saturated carbocycles. The Morgan fingerprint density at radius 1 is 1.31 bits per heavy atom. The summed E-state index contributed by atoms with van der Waals surface area (Å²) in [4.78, 5) is 22.5. The number of carbonyl (C=O) groups excluding carboxylic acids is 1. The van der Waals surface area contributed by atoms with E-state index in [-0.39, 0.29) is 17.6 Å². The van der Waals surface area contributed by atoms with Crippen LogP contribution in [0.15, 0.2) is 34.9 Å². The van der Waals surface area contributed by atoms with Gasteiger partial charge in [0.05, 0.1) is 11.7 Å². The van der Waals surface area contributed by atoms with E-state index in [0.717, 1.165) is 28.0 Å². The summed E-state index contributed by atoms with van der Waals surface area (Å²) < 4.78 is 6.64. The Kier molecular flexibility index (Phi) is 4.90. The van der Waals surface area contributed by atoms with Gasteiger partial charge in [-0.3, -0.25) is 4.90 Å². The zero-order valence-electron chi connectivity index (χ0n) is 16.0. The number of ether oxygens (including phenoxy) is 1. The maximum Gasteiger partial charge on any atom is 0.410 e. The molecule has 1 aromatic carbocycles. The Morgan fingerprint density at radius 2 is 1.96 bits per heavy atom. The van der Waals surface area contributed by atoms with Gasteiger partial charge in [-0.25, -0.2) is 9.78 Å². The Labute approximate surface area is 163 Å². The summed E-state index contributed by atoms with van der Waals surface area (Å²) >= 11 is 3.45. The predicted molar refractivity (Wildman–Crippen MR) is 106 cm³/mol. The molecule has 0 bridgehead atoms. The number of aromatic amines is 1. The Hall–Kier alpha value is -1.82. The van der Waals surface area contributed by atoms with Crippen LogP contribution in [0.25, 0.3) is 11.3 Å². The minimum atomic E-state index is -0.514. The van der Waals surface area contributed by atoms with Gasteiger partial charge >= 0.3 is 6.09 Å². The first-order valence-electron chi connectivity index (χ1n) is 8.85. The van der Waals surface area contributed by atoms with Gasteiger partial charge in [0.25, 0.3) is 0 Å². The zero-order valence-corrected chi connectivity index (χ0v) is 17.6. The predicted octanol–water partition coefficient (Wildman–Crippen LogP) is 5.55. The minimum Gasteiger partial charge on any atom is -0.444 e. The quantitative estimate of drug-likeness (QED) is 0.693. The highest BCUT2D eigenvalue weighted by atomic mass is 79.9. The fraction of sp³-hybridized carbons (Fsp3) is 0.500. The largest absolute Gasteiger partial charge is 0.444 e. The molecule has 0 unspecified atom stereocenters. The number of aromatic nitrogens is 2. The van der Waals surface area contributed by atoms with Crippen LogP contribution in [0.5, 0.6) is 0 Å². The van der Waals surface area contributed by atoms with Crippen LogP contribution >= 0.6 is 15.9 Å². The molecule has 1 aromatic heterocycles. The standard InChI is InChI=1S/C20H26BrN3O2/c1-19(2,3)26-18(25)24-12-20(4,5)10-16(24)17-22-11-15(23-17)13-6-8-14(21)9-7-13/h6-9,11,16H,10,12H2,1-5H3,(H,22,23)/t16-/m0/s1.